The molecule has 0 spiro atoms. The molecule has 0 N–H and O–H groups in total. The number of rotatable bonds is 6. The number of ether oxygens (including phenoxy) is 2. The minimum Gasteiger partial charge on any atom is -0.465 e. The van der Waals surface area contributed by atoms with Crippen molar-refractivity contribution in [3.05, 3.63) is 12.7 Å². The van der Waals surface area contributed by atoms with Gasteiger partial charge in [0.25, 0.3) is 0 Å². The fourth-order valence-electron chi connectivity index (χ4n) is 0.811. The highest BCUT2D eigenvalue weighted by Gasteiger charge is 2.31. The second-order valence-electron chi connectivity index (χ2n) is 2.98. The summed E-state index contributed by atoms with van der Waals surface area (Å²) in [6.45, 7) is 10.3. The maximum absolute atomic E-state index is 11.4. The number of carbonyl (C=O) groups excluding carboxylic acids is 1. The van der Waals surface area contributed by atoms with Gasteiger partial charge in [0, 0.05) is 6.61 Å². The summed E-state index contributed by atoms with van der Waals surface area (Å²) >= 11 is 0. The summed E-state index contributed by atoms with van der Waals surface area (Å²) in [7, 11) is 0. The van der Waals surface area contributed by atoms with Crippen molar-refractivity contribution in [3.8, 4) is 0 Å². The molecular formula is C10H18O3. The Morgan fingerprint density at radius 2 is 2.08 bits per heavy atom. The normalized spacial score (nSPS) is 14.7. The number of carbonyl (C=O) groups is 1. The van der Waals surface area contributed by atoms with Crippen molar-refractivity contribution < 1.29 is 14.3 Å². The van der Waals surface area contributed by atoms with Crippen LogP contribution in [0.3, 0.4) is 0 Å². The Morgan fingerprint density at radius 1 is 1.46 bits per heavy atom. The van der Waals surface area contributed by atoms with Crippen LogP contribution in [0.2, 0.25) is 0 Å². The van der Waals surface area contributed by atoms with Gasteiger partial charge in [0.1, 0.15) is 5.41 Å². The van der Waals surface area contributed by atoms with Gasteiger partial charge >= 0.3 is 5.97 Å². The lowest BCUT2D eigenvalue weighted by Crippen LogP contribution is -2.32. The van der Waals surface area contributed by atoms with E-state index in [1.165, 1.54) is 0 Å². The van der Waals surface area contributed by atoms with Gasteiger partial charge < -0.3 is 9.47 Å². The fourth-order valence-corrected chi connectivity index (χ4v) is 0.811. The monoisotopic (exact) mass is 186 g/mol. The summed E-state index contributed by atoms with van der Waals surface area (Å²) < 4.78 is 10.1. The fraction of sp³-hybridized carbons (Fsp3) is 0.700. The summed E-state index contributed by atoms with van der Waals surface area (Å²) in [6.07, 6.45) is 1.57. The first-order valence-electron chi connectivity index (χ1n) is 4.49. The van der Waals surface area contributed by atoms with Crippen molar-refractivity contribution in [1.82, 2.24) is 0 Å². The van der Waals surface area contributed by atoms with Gasteiger partial charge in [-0.05, 0) is 20.8 Å². The molecule has 3 nitrogen and oxygen atoms in total. The molecule has 0 heterocycles. The van der Waals surface area contributed by atoms with Crippen LogP contribution in [0.15, 0.2) is 12.7 Å². The third-order valence-electron chi connectivity index (χ3n) is 1.80. The van der Waals surface area contributed by atoms with Gasteiger partial charge in [-0.1, -0.05) is 6.08 Å². The molecule has 0 saturated carbocycles. The van der Waals surface area contributed by atoms with Crippen molar-refractivity contribution in [2.75, 3.05) is 19.8 Å². The van der Waals surface area contributed by atoms with Crippen LogP contribution in [0.1, 0.15) is 20.8 Å². The minimum atomic E-state index is -0.716. The van der Waals surface area contributed by atoms with Crippen LogP contribution in [0.5, 0.6) is 0 Å². The molecule has 3 heteroatoms. The zero-order chi connectivity index (χ0) is 10.3. The molecule has 0 rings (SSSR count). The SMILES string of the molecule is C=CC(C)(COCC)C(=O)OCC. The summed E-state index contributed by atoms with van der Waals surface area (Å²) in [5, 5.41) is 0. The summed E-state index contributed by atoms with van der Waals surface area (Å²) in [6, 6.07) is 0. The molecule has 0 aromatic carbocycles. The van der Waals surface area contributed by atoms with E-state index in [4.69, 9.17) is 9.47 Å². The topological polar surface area (TPSA) is 35.5 Å². The number of hydrogen-bond donors (Lipinski definition) is 0. The van der Waals surface area contributed by atoms with Gasteiger partial charge in [-0.15, -0.1) is 6.58 Å². The Hall–Kier alpha value is -0.830. The predicted octanol–water partition coefficient (Wildman–Crippen LogP) is 1.78. The maximum atomic E-state index is 11.4. The molecule has 1 atom stereocenters. The molecular weight excluding hydrogens is 168 g/mol. The van der Waals surface area contributed by atoms with E-state index in [1.54, 1.807) is 19.9 Å². The van der Waals surface area contributed by atoms with Crippen LogP contribution < -0.4 is 0 Å². The molecule has 76 valence electrons. The first-order valence-corrected chi connectivity index (χ1v) is 4.49. The van der Waals surface area contributed by atoms with E-state index >= 15 is 0 Å². The Bertz CT molecular complexity index is 177. The van der Waals surface area contributed by atoms with Crippen LogP contribution in [-0.2, 0) is 14.3 Å². The van der Waals surface area contributed by atoms with E-state index in [0.717, 1.165) is 0 Å². The maximum Gasteiger partial charge on any atom is 0.317 e. The largest absolute Gasteiger partial charge is 0.465 e. The average Bonchev–Trinajstić information content (AvgIpc) is 2.14. The zero-order valence-corrected chi connectivity index (χ0v) is 8.63. The predicted molar refractivity (Wildman–Crippen MR) is 51.4 cm³/mol. The van der Waals surface area contributed by atoms with Crippen molar-refractivity contribution in [1.29, 1.82) is 0 Å². The minimum absolute atomic E-state index is 0.279. The molecule has 0 amide bonds. The van der Waals surface area contributed by atoms with Crippen LogP contribution in [0, 0.1) is 5.41 Å². The van der Waals surface area contributed by atoms with Gasteiger partial charge in [-0.2, -0.15) is 0 Å². The first kappa shape index (κ1) is 12.2. The average molecular weight is 186 g/mol. The van der Waals surface area contributed by atoms with Crippen molar-refractivity contribution in [3.63, 3.8) is 0 Å². The number of esters is 1. The first-order chi connectivity index (χ1) is 6.10. The molecule has 0 bridgehead atoms. The van der Waals surface area contributed by atoms with Crippen LogP contribution >= 0.6 is 0 Å². The highest BCUT2D eigenvalue weighted by molar-refractivity contribution is 5.78. The van der Waals surface area contributed by atoms with Gasteiger partial charge in [0.2, 0.25) is 0 Å². The van der Waals surface area contributed by atoms with E-state index in [0.29, 0.717) is 19.8 Å². The zero-order valence-electron chi connectivity index (χ0n) is 8.63. The van der Waals surface area contributed by atoms with Gasteiger partial charge in [0.15, 0.2) is 0 Å². The molecule has 0 radical (unpaired) electrons. The Kier molecular flexibility index (Phi) is 5.39. The quantitative estimate of drug-likeness (QED) is 0.468. The standard InChI is InChI=1S/C10H18O3/c1-5-10(4,8-12-6-2)9(11)13-7-3/h5H,1,6-8H2,2-4H3. The molecule has 0 aliphatic rings. The van der Waals surface area contributed by atoms with E-state index in [2.05, 4.69) is 6.58 Å². The van der Waals surface area contributed by atoms with Crippen LogP contribution in [0.25, 0.3) is 0 Å². The third-order valence-corrected chi connectivity index (χ3v) is 1.80. The Balaban J connectivity index is 4.24. The molecule has 0 aromatic rings. The molecule has 0 aromatic heterocycles. The third kappa shape index (κ3) is 3.59. The second-order valence-corrected chi connectivity index (χ2v) is 2.98. The molecule has 1 unspecified atom stereocenters. The van der Waals surface area contributed by atoms with Gasteiger partial charge in [-0.25, -0.2) is 0 Å². The second kappa shape index (κ2) is 5.75. The van der Waals surface area contributed by atoms with E-state index in [1.807, 2.05) is 6.92 Å². The summed E-state index contributed by atoms with van der Waals surface area (Å²) in [5.41, 5.74) is -0.716. The highest BCUT2D eigenvalue weighted by Crippen LogP contribution is 2.20. The molecule has 0 aliphatic heterocycles. The molecule has 0 saturated heterocycles. The lowest BCUT2D eigenvalue weighted by Gasteiger charge is -2.22. The molecule has 13 heavy (non-hydrogen) atoms. The van der Waals surface area contributed by atoms with Crippen LogP contribution in [0.4, 0.5) is 0 Å². The van der Waals surface area contributed by atoms with Gasteiger partial charge in [-0.3, -0.25) is 4.79 Å². The van der Waals surface area contributed by atoms with Crippen molar-refractivity contribution in [2.45, 2.75) is 20.8 Å². The lowest BCUT2D eigenvalue weighted by atomic mass is 9.92. The van der Waals surface area contributed by atoms with Crippen molar-refractivity contribution in [2.24, 2.45) is 5.41 Å². The summed E-state index contributed by atoms with van der Waals surface area (Å²) in [4.78, 5) is 11.4. The lowest BCUT2D eigenvalue weighted by molar-refractivity contribution is -0.154. The highest BCUT2D eigenvalue weighted by atomic mass is 16.5. The van der Waals surface area contributed by atoms with E-state index < -0.39 is 5.41 Å². The van der Waals surface area contributed by atoms with Gasteiger partial charge in [0.05, 0.1) is 13.2 Å². The summed E-state index contributed by atoms with van der Waals surface area (Å²) in [5.74, 6) is -0.279. The van der Waals surface area contributed by atoms with E-state index in [9.17, 15) is 4.79 Å². The number of hydrogen-bond acceptors (Lipinski definition) is 3. The van der Waals surface area contributed by atoms with E-state index in [-0.39, 0.29) is 5.97 Å². The van der Waals surface area contributed by atoms with Crippen LogP contribution in [-0.4, -0.2) is 25.8 Å². The van der Waals surface area contributed by atoms with Crippen molar-refractivity contribution >= 4 is 5.97 Å². The Labute approximate surface area is 79.7 Å². The molecule has 0 fully saturated rings. The molecule has 0 aliphatic carbocycles. The smallest absolute Gasteiger partial charge is 0.317 e. The Morgan fingerprint density at radius 3 is 2.46 bits per heavy atom.